The minimum Gasteiger partial charge on any atom is -0.455 e. The van der Waals surface area contributed by atoms with Gasteiger partial charge < -0.3 is 8.83 Å². The number of aryl methyl sites for hydroxylation is 2. The molecule has 8 rings (SSSR count). The third kappa shape index (κ3) is 4.79. The van der Waals surface area contributed by atoms with Crippen LogP contribution in [0.5, 0.6) is 0 Å². The van der Waals surface area contributed by atoms with Crippen molar-refractivity contribution >= 4 is 44.1 Å². The SMILES string of the molecule is Cc1ncc2c(oc3ccc4oc(C(C)(C)C)nc4c32)c1-c1n(-c2c(C(C)C)cc(-c3ccccc3)cc2C(C)C)c2ccccc2[n+]1C. The number of oxazole rings is 1. The van der Waals surface area contributed by atoms with Gasteiger partial charge in [0, 0.05) is 28.1 Å². The molecule has 0 radical (unpaired) electrons. The van der Waals surface area contributed by atoms with Gasteiger partial charge in [0.2, 0.25) is 5.89 Å². The number of nitrogens with zero attached hydrogens (tertiary/aromatic N) is 4. The maximum Gasteiger partial charge on any atom is 0.300 e. The summed E-state index contributed by atoms with van der Waals surface area (Å²) in [6.07, 6.45) is 1.94. The fourth-order valence-corrected chi connectivity index (χ4v) is 7.32. The predicted octanol–water partition coefficient (Wildman–Crippen LogP) is 11.1. The number of fused-ring (bicyclic) bond motifs is 6. The van der Waals surface area contributed by atoms with Gasteiger partial charge in [-0.25, -0.2) is 9.55 Å². The molecule has 8 aromatic rings. The summed E-state index contributed by atoms with van der Waals surface area (Å²) < 4.78 is 17.9. The zero-order chi connectivity index (χ0) is 34.4. The van der Waals surface area contributed by atoms with Crippen LogP contribution in [0.1, 0.15) is 83.0 Å². The van der Waals surface area contributed by atoms with Crippen LogP contribution in [0.2, 0.25) is 0 Å². The first kappa shape index (κ1) is 31.1. The molecule has 0 N–H and O–H groups in total. The second-order valence-corrected chi connectivity index (χ2v) is 15.0. The molecule has 4 aromatic heterocycles. The van der Waals surface area contributed by atoms with E-state index in [9.17, 15) is 0 Å². The highest BCUT2D eigenvalue weighted by molar-refractivity contribution is 6.18. The van der Waals surface area contributed by atoms with Crippen LogP contribution in [0.25, 0.3) is 72.3 Å². The van der Waals surface area contributed by atoms with Gasteiger partial charge in [0.05, 0.1) is 18.1 Å². The minimum absolute atomic E-state index is 0.224. The molecule has 0 unspecified atom stereocenters. The lowest BCUT2D eigenvalue weighted by Gasteiger charge is -2.21. The first-order valence-corrected chi connectivity index (χ1v) is 17.3. The summed E-state index contributed by atoms with van der Waals surface area (Å²) in [7, 11) is 2.16. The molecule has 4 heterocycles. The van der Waals surface area contributed by atoms with Crippen LogP contribution in [0, 0.1) is 6.92 Å². The normalized spacial score (nSPS) is 12.6. The maximum atomic E-state index is 6.85. The maximum absolute atomic E-state index is 6.85. The Morgan fingerprint density at radius 2 is 1.43 bits per heavy atom. The van der Waals surface area contributed by atoms with Crippen LogP contribution in [0.15, 0.2) is 93.9 Å². The van der Waals surface area contributed by atoms with E-state index in [2.05, 4.69) is 138 Å². The van der Waals surface area contributed by atoms with Gasteiger partial charge in [-0.2, -0.15) is 4.57 Å². The highest BCUT2D eigenvalue weighted by Crippen LogP contribution is 2.44. The van der Waals surface area contributed by atoms with E-state index < -0.39 is 0 Å². The predicted molar refractivity (Wildman–Crippen MR) is 200 cm³/mol. The first-order chi connectivity index (χ1) is 23.4. The molecule has 0 saturated heterocycles. The van der Waals surface area contributed by atoms with E-state index in [0.717, 1.165) is 61.2 Å². The minimum atomic E-state index is -0.224. The Morgan fingerprint density at radius 1 is 0.776 bits per heavy atom. The highest BCUT2D eigenvalue weighted by atomic mass is 16.4. The van der Waals surface area contributed by atoms with Crippen molar-refractivity contribution in [1.82, 2.24) is 14.5 Å². The zero-order valence-corrected chi connectivity index (χ0v) is 29.8. The van der Waals surface area contributed by atoms with E-state index in [0.29, 0.717) is 5.89 Å². The molecule has 0 aliphatic carbocycles. The lowest BCUT2D eigenvalue weighted by atomic mass is 9.88. The molecule has 4 aromatic carbocycles. The standard InChI is InChI=1S/C43H43N4O2/c1-24(2)29-21-28(27-15-11-10-12-16-27)22-30(25(3)4)39(29)47-33-18-14-13-17-32(33)46(9)41(47)36-26(5)44-23-31-37-34(48-40(31)36)19-20-35-38(37)45-42(49-35)43(6,7)8/h10-25H,1-9H3/q+1. The summed E-state index contributed by atoms with van der Waals surface area (Å²) in [6, 6.07) is 28.1. The van der Waals surface area contributed by atoms with E-state index >= 15 is 0 Å². The van der Waals surface area contributed by atoms with Crippen LogP contribution in [0.3, 0.4) is 0 Å². The summed E-state index contributed by atoms with van der Waals surface area (Å²) in [6.45, 7) is 17.6. The topological polar surface area (TPSA) is 60.9 Å². The average molecular weight is 648 g/mol. The van der Waals surface area contributed by atoms with Crippen LogP contribution in [-0.4, -0.2) is 14.5 Å². The van der Waals surface area contributed by atoms with Crippen LogP contribution >= 0.6 is 0 Å². The van der Waals surface area contributed by atoms with Crippen molar-refractivity contribution in [2.24, 2.45) is 7.05 Å². The van der Waals surface area contributed by atoms with Crippen LogP contribution in [-0.2, 0) is 12.5 Å². The van der Waals surface area contributed by atoms with E-state index in [4.69, 9.17) is 18.8 Å². The molecule has 0 amide bonds. The number of furan rings is 1. The summed E-state index contributed by atoms with van der Waals surface area (Å²) in [5, 5.41) is 1.86. The molecule has 0 saturated carbocycles. The van der Waals surface area contributed by atoms with Crippen molar-refractivity contribution in [2.45, 2.75) is 72.6 Å². The van der Waals surface area contributed by atoms with Crippen molar-refractivity contribution in [1.29, 1.82) is 0 Å². The van der Waals surface area contributed by atoms with Crippen molar-refractivity contribution < 1.29 is 13.4 Å². The molecular weight excluding hydrogens is 604 g/mol. The molecule has 6 nitrogen and oxygen atoms in total. The van der Waals surface area contributed by atoms with Crippen LogP contribution in [0.4, 0.5) is 0 Å². The van der Waals surface area contributed by atoms with Gasteiger partial charge in [-0.15, -0.1) is 0 Å². The quantitative estimate of drug-likeness (QED) is 0.174. The number of aromatic nitrogens is 4. The smallest absolute Gasteiger partial charge is 0.300 e. The molecule has 0 fully saturated rings. The van der Waals surface area contributed by atoms with Crippen molar-refractivity contribution in [3.63, 3.8) is 0 Å². The summed E-state index contributed by atoms with van der Waals surface area (Å²) in [5.41, 5.74) is 13.3. The number of rotatable bonds is 5. The second kappa shape index (κ2) is 11.2. The number of hydrogen-bond donors (Lipinski definition) is 0. The zero-order valence-electron chi connectivity index (χ0n) is 29.8. The molecule has 0 spiro atoms. The van der Waals surface area contributed by atoms with E-state index in [1.54, 1.807) is 0 Å². The largest absolute Gasteiger partial charge is 0.455 e. The monoisotopic (exact) mass is 647 g/mol. The molecular formula is C43H43N4O2+. The molecule has 246 valence electrons. The summed E-state index contributed by atoms with van der Waals surface area (Å²) in [5.74, 6) is 2.28. The fraction of sp³-hybridized carbons (Fsp3) is 0.279. The van der Waals surface area contributed by atoms with E-state index in [-0.39, 0.29) is 17.3 Å². The van der Waals surface area contributed by atoms with Crippen molar-refractivity contribution in [3.8, 4) is 28.2 Å². The molecule has 49 heavy (non-hydrogen) atoms. The number of para-hydroxylation sites is 2. The Kier molecular flexibility index (Phi) is 7.07. The third-order valence-corrected chi connectivity index (χ3v) is 9.85. The number of imidazole rings is 1. The van der Waals surface area contributed by atoms with Crippen molar-refractivity contribution in [3.05, 3.63) is 108 Å². The Labute approximate surface area is 287 Å². The molecule has 0 aliphatic rings. The lowest BCUT2D eigenvalue weighted by Crippen LogP contribution is -2.31. The highest BCUT2D eigenvalue weighted by Gasteiger charge is 2.35. The third-order valence-electron chi connectivity index (χ3n) is 9.85. The number of benzene rings is 4. The number of hydrogen-bond acceptors (Lipinski definition) is 4. The van der Waals surface area contributed by atoms with Crippen molar-refractivity contribution in [2.75, 3.05) is 0 Å². The molecule has 0 atom stereocenters. The lowest BCUT2D eigenvalue weighted by molar-refractivity contribution is -0.633. The fourth-order valence-electron chi connectivity index (χ4n) is 7.32. The summed E-state index contributed by atoms with van der Waals surface area (Å²) in [4.78, 5) is 10.0. The Hall–Kier alpha value is -5.23. The Morgan fingerprint density at radius 3 is 2.10 bits per heavy atom. The number of pyridine rings is 1. The van der Waals surface area contributed by atoms with Gasteiger partial charge in [0.15, 0.2) is 22.2 Å². The van der Waals surface area contributed by atoms with Crippen LogP contribution < -0.4 is 4.57 Å². The van der Waals surface area contributed by atoms with Gasteiger partial charge in [0.1, 0.15) is 22.4 Å². The van der Waals surface area contributed by atoms with Gasteiger partial charge in [-0.1, -0.05) is 90.9 Å². The average Bonchev–Trinajstić information content (AvgIpc) is 3.76. The van der Waals surface area contributed by atoms with E-state index in [1.807, 2.05) is 18.3 Å². The molecule has 0 bridgehead atoms. The Balaban J connectivity index is 1.50. The summed E-state index contributed by atoms with van der Waals surface area (Å²) >= 11 is 0. The van der Waals surface area contributed by atoms with Gasteiger partial charge in [0.25, 0.3) is 0 Å². The van der Waals surface area contributed by atoms with Gasteiger partial charge in [-0.3, -0.25) is 4.98 Å². The second-order valence-electron chi connectivity index (χ2n) is 15.0. The first-order valence-electron chi connectivity index (χ1n) is 17.3. The molecule has 0 aliphatic heterocycles. The Bertz CT molecular complexity index is 2530. The van der Waals surface area contributed by atoms with E-state index in [1.165, 1.54) is 27.9 Å². The molecule has 6 heteroatoms. The van der Waals surface area contributed by atoms with Gasteiger partial charge in [-0.05, 0) is 66.3 Å². The van der Waals surface area contributed by atoms with Gasteiger partial charge >= 0.3 is 5.82 Å².